The zero-order valence-corrected chi connectivity index (χ0v) is 26.6. The number of carbonyl (C=O) groups excluding carboxylic acids is 3. The zero-order chi connectivity index (χ0) is 33.0. The molecule has 0 spiro atoms. The minimum absolute atomic E-state index is 0.0500. The summed E-state index contributed by atoms with van der Waals surface area (Å²) in [7, 11) is 0. The minimum Gasteiger partial charge on any atom is -0.427 e. The van der Waals surface area contributed by atoms with Crippen LogP contribution in [0.25, 0.3) is 0 Å². The Labute approximate surface area is 267 Å². The van der Waals surface area contributed by atoms with Crippen LogP contribution in [0.3, 0.4) is 0 Å². The number of nitro benzene ring substituents is 1. The molecule has 1 saturated heterocycles. The monoisotopic (exact) mass is 657 g/mol. The van der Waals surface area contributed by atoms with Crippen molar-refractivity contribution in [2.45, 2.75) is 102 Å². The molecule has 2 rings (SSSR count). The van der Waals surface area contributed by atoms with Crippen LogP contribution in [0.5, 0.6) is 5.75 Å². The highest BCUT2D eigenvalue weighted by molar-refractivity contribution is 7.99. The molecule has 2 amide bonds. The molecule has 1 aromatic carbocycles. The van der Waals surface area contributed by atoms with Gasteiger partial charge in [-0.3, -0.25) is 24.5 Å². The highest BCUT2D eigenvalue weighted by Crippen LogP contribution is 2.23. The largest absolute Gasteiger partial charge is 0.427 e. The van der Waals surface area contributed by atoms with Crippen LogP contribution in [-0.4, -0.2) is 99.9 Å². The molecule has 14 nitrogen and oxygen atoms in total. The molecule has 45 heavy (non-hydrogen) atoms. The number of benzene rings is 1. The van der Waals surface area contributed by atoms with Gasteiger partial charge in [0.05, 0.1) is 11.5 Å². The van der Waals surface area contributed by atoms with Crippen LogP contribution >= 0.6 is 11.8 Å². The van der Waals surface area contributed by atoms with Gasteiger partial charge in [0.25, 0.3) is 5.69 Å². The van der Waals surface area contributed by atoms with Gasteiger partial charge in [0.1, 0.15) is 30.1 Å². The lowest BCUT2D eigenvalue weighted by atomic mass is 9.97. The van der Waals surface area contributed by atoms with Gasteiger partial charge in [-0.2, -0.15) is 11.8 Å². The number of carbonyl (C=O) groups is 3. The van der Waals surface area contributed by atoms with Crippen LogP contribution in [-0.2, 0) is 23.9 Å². The number of aliphatic hydroxyl groups excluding tert-OH is 3. The molecule has 5 N–H and O–H groups in total. The number of ether oxygens (including phenoxy) is 3. The minimum atomic E-state index is -1.33. The number of amides is 2. The molecule has 1 aliphatic heterocycles. The number of esters is 1. The number of unbranched alkanes of at least 4 members (excludes halogenated alkanes) is 6. The van der Waals surface area contributed by atoms with Crippen molar-refractivity contribution in [2.24, 2.45) is 0 Å². The first-order chi connectivity index (χ1) is 21.6. The number of nitrogens with one attached hydrogen (secondary N) is 2. The number of non-ortho nitro benzene ring substituents is 1. The van der Waals surface area contributed by atoms with Gasteiger partial charge in [-0.05, 0) is 43.6 Å². The van der Waals surface area contributed by atoms with Crippen molar-refractivity contribution < 1.29 is 48.8 Å². The Morgan fingerprint density at radius 2 is 1.62 bits per heavy atom. The Morgan fingerprint density at radius 3 is 2.29 bits per heavy atom. The molecule has 0 aliphatic carbocycles. The van der Waals surface area contributed by atoms with Crippen molar-refractivity contribution in [3.05, 3.63) is 34.4 Å². The molecule has 15 heteroatoms. The maximum absolute atomic E-state index is 12.0. The Kier molecular flexibility index (Phi) is 18.6. The molecule has 0 bridgehead atoms. The van der Waals surface area contributed by atoms with Crippen LogP contribution in [0.2, 0.25) is 0 Å². The van der Waals surface area contributed by atoms with Crippen molar-refractivity contribution in [3.63, 3.8) is 0 Å². The van der Waals surface area contributed by atoms with Crippen molar-refractivity contribution >= 4 is 35.2 Å². The third-order valence-electron chi connectivity index (χ3n) is 7.10. The van der Waals surface area contributed by atoms with Gasteiger partial charge in [-0.1, -0.05) is 25.7 Å². The fraction of sp³-hybridized carbons (Fsp3) is 0.700. The van der Waals surface area contributed by atoms with Crippen molar-refractivity contribution in [2.75, 3.05) is 31.3 Å². The second-order valence-corrected chi connectivity index (χ2v) is 12.0. The van der Waals surface area contributed by atoms with E-state index in [9.17, 15) is 39.8 Å². The first-order valence-electron chi connectivity index (χ1n) is 15.4. The molecule has 0 saturated carbocycles. The standard InChI is InChI=1S/C30H47N3O11S/c1-21(35)32-27-29(39)28(38)24(20-34)44-30(27)42-17-8-4-2-3-5-9-18-45-19-16-31-25(36)10-6-7-11-26(37)43-23-14-12-22(13-15-23)33(40)41/h12-15,24,27-30,34,38-39H,2-11,16-20H2,1H3,(H,31,36)(H,32,35)/t24?,27?,28-,29+,30+/m0/s1. The lowest BCUT2D eigenvalue weighted by Gasteiger charge is -2.42. The summed E-state index contributed by atoms with van der Waals surface area (Å²) in [6, 6.07) is 4.37. The van der Waals surface area contributed by atoms with Crippen LogP contribution < -0.4 is 15.4 Å². The molecule has 254 valence electrons. The predicted molar refractivity (Wildman–Crippen MR) is 167 cm³/mol. The predicted octanol–water partition coefficient (Wildman–Crippen LogP) is 2.21. The second kappa shape index (κ2) is 21.8. The average Bonchev–Trinajstić information content (AvgIpc) is 3.01. The number of thioether (sulfide) groups is 1. The summed E-state index contributed by atoms with van der Waals surface area (Å²) in [6.07, 6.45) is 3.02. The fourth-order valence-electron chi connectivity index (χ4n) is 4.65. The van der Waals surface area contributed by atoms with Crippen LogP contribution in [0.4, 0.5) is 5.69 Å². The molecular formula is C30H47N3O11S. The second-order valence-electron chi connectivity index (χ2n) is 10.8. The Morgan fingerprint density at radius 1 is 0.956 bits per heavy atom. The Hall–Kier alpha value is -2.82. The zero-order valence-electron chi connectivity index (χ0n) is 25.8. The maximum atomic E-state index is 12.0. The molecule has 0 radical (unpaired) electrons. The van der Waals surface area contributed by atoms with E-state index in [0.717, 1.165) is 50.0 Å². The molecule has 1 fully saturated rings. The van der Waals surface area contributed by atoms with Crippen molar-refractivity contribution in [3.8, 4) is 5.75 Å². The molecular weight excluding hydrogens is 610 g/mol. The Balaban J connectivity index is 1.40. The van der Waals surface area contributed by atoms with E-state index in [0.29, 0.717) is 32.4 Å². The number of nitro groups is 1. The quantitative estimate of drug-likeness (QED) is 0.0400. The van der Waals surface area contributed by atoms with Gasteiger partial charge in [-0.25, -0.2) is 0 Å². The normalized spacial score (nSPS) is 21.2. The van der Waals surface area contributed by atoms with Crippen LogP contribution in [0.1, 0.15) is 71.1 Å². The van der Waals surface area contributed by atoms with Gasteiger partial charge >= 0.3 is 5.97 Å². The maximum Gasteiger partial charge on any atom is 0.311 e. The molecule has 1 aromatic rings. The summed E-state index contributed by atoms with van der Waals surface area (Å²) in [6.45, 7) is 1.78. The summed E-state index contributed by atoms with van der Waals surface area (Å²) >= 11 is 1.79. The number of hydrogen-bond donors (Lipinski definition) is 5. The van der Waals surface area contributed by atoms with Gasteiger partial charge in [0, 0.05) is 50.8 Å². The number of nitrogens with zero attached hydrogens (tertiary/aromatic N) is 1. The van der Waals surface area contributed by atoms with E-state index in [-0.39, 0.29) is 29.7 Å². The van der Waals surface area contributed by atoms with E-state index in [1.807, 2.05) is 0 Å². The molecule has 1 aliphatic rings. The fourth-order valence-corrected chi connectivity index (χ4v) is 5.51. The number of hydrogen-bond acceptors (Lipinski definition) is 12. The first kappa shape index (κ1) is 38.4. The SMILES string of the molecule is CC(=O)NC1[C@H](OCCCCCCCCSCCNC(=O)CCCCC(=O)Oc2ccc([N+](=O)[O-])cc2)OC(CO)[C@H](O)[C@@H]1O. The summed E-state index contributed by atoms with van der Waals surface area (Å²) in [5, 5.41) is 45.8. The van der Waals surface area contributed by atoms with Crippen LogP contribution in [0, 0.1) is 10.1 Å². The summed E-state index contributed by atoms with van der Waals surface area (Å²) in [5.74, 6) is 1.21. The van der Waals surface area contributed by atoms with E-state index < -0.39 is 48.1 Å². The van der Waals surface area contributed by atoms with Crippen molar-refractivity contribution in [1.82, 2.24) is 10.6 Å². The molecule has 0 aromatic heterocycles. The molecule has 2 unspecified atom stereocenters. The number of aliphatic hydroxyl groups is 3. The third-order valence-corrected chi connectivity index (χ3v) is 8.17. The third kappa shape index (κ3) is 15.3. The summed E-state index contributed by atoms with van der Waals surface area (Å²) in [5.41, 5.74) is -0.0801. The average molecular weight is 658 g/mol. The summed E-state index contributed by atoms with van der Waals surface area (Å²) < 4.78 is 16.4. The topological polar surface area (TPSA) is 207 Å². The highest BCUT2D eigenvalue weighted by atomic mass is 32.2. The molecule has 5 atom stereocenters. The van der Waals surface area contributed by atoms with E-state index >= 15 is 0 Å². The smallest absolute Gasteiger partial charge is 0.311 e. The summed E-state index contributed by atoms with van der Waals surface area (Å²) in [4.78, 5) is 45.5. The van der Waals surface area contributed by atoms with E-state index in [4.69, 9.17) is 14.2 Å². The first-order valence-corrected chi connectivity index (χ1v) is 16.6. The van der Waals surface area contributed by atoms with E-state index in [2.05, 4.69) is 10.6 Å². The van der Waals surface area contributed by atoms with Gasteiger partial charge < -0.3 is 40.2 Å². The lowest BCUT2D eigenvalue weighted by molar-refractivity contribution is -0.384. The van der Waals surface area contributed by atoms with Gasteiger partial charge in [0.15, 0.2) is 6.29 Å². The van der Waals surface area contributed by atoms with Crippen molar-refractivity contribution in [1.29, 1.82) is 0 Å². The lowest BCUT2D eigenvalue weighted by Crippen LogP contribution is -2.64. The number of rotatable bonds is 22. The Bertz CT molecular complexity index is 1050. The van der Waals surface area contributed by atoms with Gasteiger partial charge in [-0.15, -0.1) is 0 Å². The van der Waals surface area contributed by atoms with Crippen LogP contribution in [0.15, 0.2) is 24.3 Å². The highest BCUT2D eigenvalue weighted by Gasteiger charge is 2.45. The van der Waals surface area contributed by atoms with Gasteiger partial charge in [0.2, 0.25) is 11.8 Å². The molecule has 1 heterocycles. The van der Waals surface area contributed by atoms with E-state index in [1.54, 1.807) is 11.8 Å². The van der Waals surface area contributed by atoms with E-state index in [1.165, 1.54) is 31.2 Å².